The molecule has 3 heteroatoms. The summed E-state index contributed by atoms with van der Waals surface area (Å²) in [5, 5.41) is 0.409. The second-order valence-electron chi connectivity index (χ2n) is 1.94. The average molecular weight is 152 g/mol. The fraction of sp³-hybridized carbons (Fsp3) is 0. The quantitative estimate of drug-likeness (QED) is 0.561. The Labute approximate surface area is 63.1 Å². The maximum absolute atomic E-state index is 5.60. The first-order valence-corrected chi connectivity index (χ1v) is 3.26. The van der Waals surface area contributed by atoms with Crippen LogP contribution in [0.4, 0.5) is 0 Å². The van der Waals surface area contributed by atoms with E-state index in [0.717, 1.165) is 5.65 Å². The van der Waals surface area contributed by atoms with Gasteiger partial charge in [0.25, 0.3) is 0 Å². The van der Waals surface area contributed by atoms with E-state index < -0.39 is 0 Å². The van der Waals surface area contributed by atoms with Crippen LogP contribution < -0.4 is 0 Å². The first-order chi connectivity index (χ1) is 4.86. The van der Waals surface area contributed by atoms with Crippen molar-refractivity contribution >= 4 is 17.2 Å². The molecule has 0 saturated carbocycles. The molecule has 0 spiro atoms. The second kappa shape index (κ2) is 1.99. The topological polar surface area (TPSA) is 17.3 Å². The van der Waals surface area contributed by atoms with E-state index in [1.807, 2.05) is 24.4 Å². The Balaban J connectivity index is 2.88. The molecule has 2 aromatic rings. The largest absolute Gasteiger partial charge is 0.297 e. The van der Waals surface area contributed by atoms with Gasteiger partial charge in [-0.1, -0.05) is 17.7 Å². The van der Waals surface area contributed by atoms with Crippen LogP contribution >= 0.6 is 11.6 Å². The lowest BCUT2D eigenvalue weighted by atomic mass is 10.5. The number of rotatable bonds is 0. The molecule has 0 saturated heterocycles. The summed E-state index contributed by atoms with van der Waals surface area (Å²) in [7, 11) is 0. The zero-order valence-electron chi connectivity index (χ0n) is 5.08. The molecule has 0 fully saturated rings. The summed E-state index contributed by atoms with van der Waals surface area (Å²) in [6, 6.07) is 5.69. The summed E-state index contributed by atoms with van der Waals surface area (Å²) in [5.74, 6) is 0. The van der Waals surface area contributed by atoms with Crippen molar-refractivity contribution in [2.45, 2.75) is 0 Å². The van der Waals surface area contributed by atoms with Gasteiger partial charge >= 0.3 is 0 Å². The second-order valence-corrected chi connectivity index (χ2v) is 2.30. The molecule has 0 unspecified atom stereocenters. The zero-order chi connectivity index (χ0) is 6.97. The predicted molar refractivity (Wildman–Crippen MR) is 39.0 cm³/mol. The lowest BCUT2D eigenvalue weighted by molar-refractivity contribution is 1.18. The minimum atomic E-state index is 0.409. The highest BCUT2D eigenvalue weighted by molar-refractivity contribution is 6.29. The van der Waals surface area contributed by atoms with E-state index >= 15 is 0 Å². The van der Waals surface area contributed by atoms with Gasteiger partial charge in [0.1, 0.15) is 11.8 Å². The van der Waals surface area contributed by atoms with Crippen LogP contribution in [0.25, 0.3) is 5.65 Å². The van der Waals surface area contributed by atoms with Gasteiger partial charge in [0, 0.05) is 6.20 Å². The number of hydrogen-bond acceptors (Lipinski definition) is 1. The van der Waals surface area contributed by atoms with Crippen LogP contribution in [0, 0.1) is 6.20 Å². The van der Waals surface area contributed by atoms with Crippen molar-refractivity contribution in [2.75, 3.05) is 0 Å². The van der Waals surface area contributed by atoms with Gasteiger partial charge in [-0.25, -0.2) is 4.98 Å². The Morgan fingerprint density at radius 1 is 1.50 bits per heavy atom. The van der Waals surface area contributed by atoms with Gasteiger partial charge in [-0.2, -0.15) is 0 Å². The molecule has 0 aliphatic heterocycles. The van der Waals surface area contributed by atoms with Crippen LogP contribution in [0.3, 0.4) is 0 Å². The Hall–Kier alpha value is -1.02. The molecule has 2 nitrogen and oxygen atoms in total. The third-order valence-corrected chi connectivity index (χ3v) is 1.43. The number of nitrogens with zero attached hydrogens (tertiary/aromatic N) is 2. The van der Waals surface area contributed by atoms with Gasteiger partial charge < -0.3 is 0 Å². The van der Waals surface area contributed by atoms with Crippen molar-refractivity contribution in [1.82, 2.24) is 9.38 Å². The first kappa shape index (κ1) is 5.74. The van der Waals surface area contributed by atoms with Gasteiger partial charge in [-0.3, -0.25) is 4.40 Å². The normalized spacial score (nSPS) is 10.5. The number of halogens is 1. The van der Waals surface area contributed by atoms with Crippen LogP contribution in [0.2, 0.25) is 5.15 Å². The van der Waals surface area contributed by atoms with E-state index in [1.54, 1.807) is 4.40 Å². The standard InChI is InChI=1S/C7H4ClN2/c8-6-5-10-4-2-1-3-7(10)9-6/h1-4H. The molecular formula is C7H4ClN2. The Bertz CT molecular complexity index is 320. The Morgan fingerprint density at radius 2 is 2.40 bits per heavy atom. The molecule has 10 heavy (non-hydrogen) atoms. The van der Waals surface area contributed by atoms with Gasteiger partial charge in [0.05, 0.1) is 0 Å². The molecule has 0 bridgehead atoms. The molecule has 0 aliphatic rings. The van der Waals surface area contributed by atoms with E-state index in [0.29, 0.717) is 5.15 Å². The average Bonchev–Trinajstić information content (AvgIpc) is 2.27. The molecular weight excluding hydrogens is 148 g/mol. The number of imidazole rings is 1. The Kier molecular flexibility index (Phi) is 1.14. The smallest absolute Gasteiger partial charge is 0.157 e. The van der Waals surface area contributed by atoms with E-state index in [1.165, 1.54) is 0 Å². The van der Waals surface area contributed by atoms with E-state index in [2.05, 4.69) is 11.2 Å². The maximum atomic E-state index is 5.60. The minimum absolute atomic E-state index is 0.409. The van der Waals surface area contributed by atoms with E-state index in [9.17, 15) is 0 Å². The fourth-order valence-corrected chi connectivity index (χ4v) is 1.02. The lowest BCUT2D eigenvalue weighted by Crippen LogP contribution is -1.78. The van der Waals surface area contributed by atoms with E-state index in [-0.39, 0.29) is 0 Å². The van der Waals surface area contributed by atoms with Crippen molar-refractivity contribution in [3.8, 4) is 0 Å². The fourth-order valence-electron chi connectivity index (χ4n) is 0.845. The number of fused-ring (bicyclic) bond motifs is 1. The lowest BCUT2D eigenvalue weighted by Gasteiger charge is -1.85. The summed E-state index contributed by atoms with van der Waals surface area (Å²) in [6.07, 6.45) is 4.68. The molecule has 49 valence electrons. The molecule has 2 heterocycles. The number of aromatic nitrogens is 2. The van der Waals surface area contributed by atoms with Gasteiger partial charge in [0.15, 0.2) is 5.15 Å². The summed E-state index contributed by atoms with van der Waals surface area (Å²) >= 11 is 5.60. The SMILES string of the molecule is Clc1[c]n2ccccc2n1. The monoisotopic (exact) mass is 151 g/mol. The number of pyridine rings is 1. The zero-order valence-corrected chi connectivity index (χ0v) is 5.84. The summed E-state index contributed by atoms with van der Waals surface area (Å²) in [5.41, 5.74) is 0.826. The van der Waals surface area contributed by atoms with Crippen molar-refractivity contribution in [1.29, 1.82) is 0 Å². The third kappa shape index (κ3) is 0.772. The van der Waals surface area contributed by atoms with Crippen LogP contribution in [0.5, 0.6) is 0 Å². The van der Waals surface area contributed by atoms with Crippen molar-refractivity contribution in [2.24, 2.45) is 0 Å². The highest BCUT2D eigenvalue weighted by atomic mass is 35.5. The van der Waals surface area contributed by atoms with Crippen LogP contribution in [0.15, 0.2) is 24.4 Å². The van der Waals surface area contributed by atoms with Crippen LogP contribution in [-0.2, 0) is 0 Å². The summed E-state index contributed by atoms with van der Waals surface area (Å²) < 4.78 is 1.75. The molecule has 0 atom stereocenters. The van der Waals surface area contributed by atoms with Crippen LogP contribution in [0.1, 0.15) is 0 Å². The van der Waals surface area contributed by atoms with Crippen molar-refractivity contribution in [3.05, 3.63) is 35.7 Å². The van der Waals surface area contributed by atoms with E-state index in [4.69, 9.17) is 11.6 Å². The molecule has 0 aliphatic carbocycles. The van der Waals surface area contributed by atoms with Gasteiger partial charge in [-0.05, 0) is 12.1 Å². The molecule has 1 radical (unpaired) electrons. The molecule has 0 N–H and O–H groups in total. The number of hydrogen-bond donors (Lipinski definition) is 0. The molecule has 2 rings (SSSR count). The summed E-state index contributed by atoms with van der Waals surface area (Å²) in [6.45, 7) is 0. The molecule has 0 amide bonds. The molecule has 2 aromatic heterocycles. The van der Waals surface area contributed by atoms with Crippen molar-refractivity contribution in [3.63, 3.8) is 0 Å². The maximum Gasteiger partial charge on any atom is 0.157 e. The van der Waals surface area contributed by atoms with Gasteiger partial charge in [0.2, 0.25) is 0 Å². The first-order valence-electron chi connectivity index (χ1n) is 2.88. The highest BCUT2D eigenvalue weighted by Crippen LogP contribution is 2.07. The highest BCUT2D eigenvalue weighted by Gasteiger charge is 1.95. The van der Waals surface area contributed by atoms with Crippen LogP contribution in [-0.4, -0.2) is 9.38 Å². The third-order valence-electron chi connectivity index (χ3n) is 1.26. The van der Waals surface area contributed by atoms with Gasteiger partial charge in [-0.15, -0.1) is 0 Å². The minimum Gasteiger partial charge on any atom is -0.297 e. The predicted octanol–water partition coefficient (Wildman–Crippen LogP) is 1.79. The Morgan fingerprint density at radius 3 is 3.20 bits per heavy atom. The van der Waals surface area contributed by atoms with Crippen molar-refractivity contribution < 1.29 is 0 Å². The summed E-state index contributed by atoms with van der Waals surface area (Å²) in [4.78, 5) is 3.99. The molecule has 0 aromatic carbocycles.